The average Bonchev–Trinajstić information content (AvgIpc) is 2.00. The zero-order valence-corrected chi connectivity index (χ0v) is 7.83. The second kappa shape index (κ2) is 4.42. The zero-order chi connectivity index (χ0) is 9.78. The first kappa shape index (κ1) is 11.4. The SMILES string of the molecule is COC(C)(C)CC[C@H](N)C(=O)O. The molecule has 0 spiro atoms. The number of hydrogen-bond acceptors (Lipinski definition) is 3. The van der Waals surface area contributed by atoms with Crippen molar-refractivity contribution >= 4 is 5.97 Å². The van der Waals surface area contributed by atoms with Gasteiger partial charge in [-0.25, -0.2) is 0 Å². The van der Waals surface area contributed by atoms with E-state index in [1.54, 1.807) is 7.11 Å². The molecule has 0 unspecified atom stereocenters. The summed E-state index contributed by atoms with van der Waals surface area (Å²) in [6, 6.07) is -0.778. The fourth-order valence-corrected chi connectivity index (χ4v) is 0.729. The van der Waals surface area contributed by atoms with Crippen molar-refractivity contribution in [3.63, 3.8) is 0 Å². The minimum atomic E-state index is -0.957. The minimum absolute atomic E-state index is 0.285. The van der Waals surface area contributed by atoms with E-state index < -0.39 is 12.0 Å². The third-order valence-corrected chi connectivity index (χ3v) is 1.93. The highest BCUT2D eigenvalue weighted by Crippen LogP contribution is 2.15. The molecule has 1 atom stereocenters. The predicted molar refractivity (Wildman–Crippen MR) is 45.9 cm³/mol. The van der Waals surface area contributed by atoms with Gasteiger partial charge in [-0.1, -0.05) is 0 Å². The molecule has 0 aliphatic rings. The van der Waals surface area contributed by atoms with Gasteiger partial charge in [-0.3, -0.25) is 4.79 Å². The Kier molecular flexibility index (Phi) is 4.20. The average molecular weight is 175 g/mol. The summed E-state index contributed by atoms with van der Waals surface area (Å²) in [7, 11) is 1.60. The van der Waals surface area contributed by atoms with Gasteiger partial charge in [0.15, 0.2) is 0 Å². The van der Waals surface area contributed by atoms with E-state index in [2.05, 4.69) is 0 Å². The van der Waals surface area contributed by atoms with Crippen LogP contribution >= 0.6 is 0 Å². The topological polar surface area (TPSA) is 72.5 Å². The molecular formula is C8H17NO3. The van der Waals surface area contributed by atoms with E-state index in [1.165, 1.54) is 0 Å². The molecule has 0 saturated carbocycles. The number of ether oxygens (including phenoxy) is 1. The number of hydrogen-bond donors (Lipinski definition) is 2. The van der Waals surface area contributed by atoms with Crippen molar-refractivity contribution in [3.8, 4) is 0 Å². The van der Waals surface area contributed by atoms with Crippen LogP contribution < -0.4 is 5.73 Å². The third-order valence-electron chi connectivity index (χ3n) is 1.93. The second-order valence-corrected chi connectivity index (χ2v) is 3.45. The Hall–Kier alpha value is -0.610. The van der Waals surface area contributed by atoms with E-state index in [0.29, 0.717) is 12.8 Å². The predicted octanol–water partition coefficient (Wildman–Crippen LogP) is 0.603. The maximum Gasteiger partial charge on any atom is 0.320 e. The van der Waals surface area contributed by atoms with Gasteiger partial charge in [-0.2, -0.15) is 0 Å². The van der Waals surface area contributed by atoms with E-state index in [9.17, 15) is 4.79 Å². The molecule has 3 N–H and O–H groups in total. The molecule has 0 aromatic carbocycles. The van der Waals surface area contributed by atoms with Crippen LogP contribution in [0.25, 0.3) is 0 Å². The lowest BCUT2D eigenvalue weighted by Crippen LogP contribution is -2.33. The highest BCUT2D eigenvalue weighted by Gasteiger charge is 2.20. The molecule has 4 nitrogen and oxygen atoms in total. The molecule has 0 heterocycles. The Labute approximate surface area is 72.7 Å². The maximum atomic E-state index is 10.3. The largest absolute Gasteiger partial charge is 0.480 e. The highest BCUT2D eigenvalue weighted by molar-refractivity contribution is 5.72. The molecular weight excluding hydrogens is 158 g/mol. The van der Waals surface area contributed by atoms with E-state index in [0.717, 1.165) is 0 Å². The molecule has 0 amide bonds. The molecule has 0 bridgehead atoms. The molecule has 0 rings (SSSR count). The van der Waals surface area contributed by atoms with Crippen LogP contribution in [-0.2, 0) is 9.53 Å². The van der Waals surface area contributed by atoms with Crippen LogP contribution in [0.3, 0.4) is 0 Å². The number of carboxylic acid groups (broad SMARTS) is 1. The number of carbonyl (C=O) groups is 1. The molecule has 72 valence electrons. The lowest BCUT2D eigenvalue weighted by molar-refractivity contribution is -0.138. The van der Waals surface area contributed by atoms with Crippen LogP contribution in [0.5, 0.6) is 0 Å². The van der Waals surface area contributed by atoms with Crippen molar-refractivity contribution in [2.45, 2.75) is 38.3 Å². The normalized spacial score (nSPS) is 14.3. The van der Waals surface area contributed by atoms with Gasteiger partial charge in [0.1, 0.15) is 6.04 Å². The van der Waals surface area contributed by atoms with Gasteiger partial charge in [-0.15, -0.1) is 0 Å². The van der Waals surface area contributed by atoms with Crippen molar-refractivity contribution in [2.24, 2.45) is 5.73 Å². The van der Waals surface area contributed by atoms with Crippen LogP contribution in [0.1, 0.15) is 26.7 Å². The molecule has 0 aliphatic carbocycles. The number of methoxy groups -OCH3 is 1. The number of nitrogens with two attached hydrogens (primary N) is 1. The van der Waals surface area contributed by atoms with Crippen molar-refractivity contribution in [1.29, 1.82) is 0 Å². The molecule has 0 fully saturated rings. The summed E-state index contributed by atoms with van der Waals surface area (Å²) < 4.78 is 5.12. The Balaban J connectivity index is 3.75. The van der Waals surface area contributed by atoms with E-state index in [-0.39, 0.29) is 5.60 Å². The molecule has 12 heavy (non-hydrogen) atoms. The molecule has 0 radical (unpaired) electrons. The lowest BCUT2D eigenvalue weighted by atomic mass is 9.99. The van der Waals surface area contributed by atoms with Crippen LogP contribution in [0.15, 0.2) is 0 Å². The first-order chi connectivity index (χ1) is 5.39. The van der Waals surface area contributed by atoms with E-state index in [4.69, 9.17) is 15.6 Å². The first-order valence-electron chi connectivity index (χ1n) is 3.92. The van der Waals surface area contributed by atoms with Gasteiger partial charge < -0.3 is 15.6 Å². The third kappa shape index (κ3) is 4.31. The summed E-state index contributed by atoms with van der Waals surface area (Å²) in [6.45, 7) is 3.81. The Morgan fingerprint density at radius 3 is 2.50 bits per heavy atom. The van der Waals surface area contributed by atoms with Gasteiger partial charge in [0, 0.05) is 7.11 Å². The van der Waals surface area contributed by atoms with Gasteiger partial charge >= 0.3 is 5.97 Å². The van der Waals surface area contributed by atoms with Crippen molar-refractivity contribution in [2.75, 3.05) is 7.11 Å². The minimum Gasteiger partial charge on any atom is -0.480 e. The monoisotopic (exact) mass is 175 g/mol. The number of carboxylic acids is 1. The number of rotatable bonds is 5. The summed E-state index contributed by atoms with van der Waals surface area (Å²) in [4.78, 5) is 10.3. The Bertz CT molecular complexity index is 156. The Morgan fingerprint density at radius 1 is 1.67 bits per heavy atom. The van der Waals surface area contributed by atoms with E-state index >= 15 is 0 Å². The van der Waals surface area contributed by atoms with Crippen molar-refractivity contribution in [1.82, 2.24) is 0 Å². The standard InChI is InChI=1S/C8H17NO3/c1-8(2,12-3)5-4-6(9)7(10)11/h6H,4-5,9H2,1-3H3,(H,10,11)/t6-/m0/s1. The molecule has 0 saturated heterocycles. The van der Waals surface area contributed by atoms with E-state index in [1.807, 2.05) is 13.8 Å². The van der Waals surface area contributed by atoms with Crippen molar-refractivity contribution < 1.29 is 14.6 Å². The highest BCUT2D eigenvalue weighted by atomic mass is 16.5. The number of aliphatic carboxylic acids is 1. The zero-order valence-electron chi connectivity index (χ0n) is 7.83. The summed E-state index contributed by atoms with van der Waals surface area (Å²) in [6.07, 6.45) is 1.09. The smallest absolute Gasteiger partial charge is 0.320 e. The van der Waals surface area contributed by atoms with Gasteiger partial charge in [0.2, 0.25) is 0 Å². The van der Waals surface area contributed by atoms with Gasteiger partial charge in [0.05, 0.1) is 5.60 Å². The van der Waals surface area contributed by atoms with Gasteiger partial charge in [0.25, 0.3) is 0 Å². The maximum absolute atomic E-state index is 10.3. The fourth-order valence-electron chi connectivity index (χ4n) is 0.729. The van der Waals surface area contributed by atoms with Crippen LogP contribution in [-0.4, -0.2) is 29.8 Å². The fraction of sp³-hybridized carbons (Fsp3) is 0.875. The van der Waals surface area contributed by atoms with Crippen molar-refractivity contribution in [3.05, 3.63) is 0 Å². The van der Waals surface area contributed by atoms with Crippen LogP contribution in [0.4, 0.5) is 0 Å². The molecule has 4 heteroatoms. The summed E-state index contributed by atoms with van der Waals surface area (Å²) in [5.74, 6) is -0.957. The molecule has 0 aliphatic heterocycles. The Morgan fingerprint density at radius 2 is 2.17 bits per heavy atom. The van der Waals surface area contributed by atoms with Crippen LogP contribution in [0, 0.1) is 0 Å². The second-order valence-electron chi connectivity index (χ2n) is 3.45. The lowest BCUT2D eigenvalue weighted by Gasteiger charge is -2.23. The summed E-state index contributed by atoms with van der Waals surface area (Å²) in [5, 5.41) is 8.49. The molecule has 0 aromatic rings. The summed E-state index contributed by atoms with van der Waals surface area (Å²) >= 11 is 0. The van der Waals surface area contributed by atoms with Crippen LogP contribution in [0.2, 0.25) is 0 Å². The molecule has 0 aromatic heterocycles. The van der Waals surface area contributed by atoms with Gasteiger partial charge in [-0.05, 0) is 26.7 Å². The first-order valence-corrected chi connectivity index (χ1v) is 3.92. The summed E-state index contributed by atoms with van der Waals surface area (Å²) in [5.41, 5.74) is 5.04. The quantitative estimate of drug-likeness (QED) is 0.642.